The zero-order chi connectivity index (χ0) is 19.9. The van der Waals surface area contributed by atoms with Gasteiger partial charge in [-0.25, -0.2) is 4.79 Å². The number of aromatic amines is 1. The summed E-state index contributed by atoms with van der Waals surface area (Å²) in [6.07, 6.45) is -1.65. The van der Waals surface area contributed by atoms with Gasteiger partial charge in [-0.3, -0.25) is 14.3 Å². The highest BCUT2D eigenvalue weighted by molar-refractivity contribution is 5.06. The number of nitrogens with one attached hydrogen (secondary N) is 2. The molecule has 0 radical (unpaired) electrons. The number of aliphatic hydroxyl groups is 3. The van der Waals surface area contributed by atoms with E-state index in [-0.39, 0.29) is 12.1 Å². The van der Waals surface area contributed by atoms with Gasteiger partial charge in [0, 0.05) is 24.8 Å². The second-order valence-corrected chi connectivity index (χ2v) is 5.96. The number of hydrogen-bond donors (Lipinski definition) is 5. The quantitative estimate of drug-likeness (QED) is 0.327. The molecule has 4 atom stereocenters. The molecule has 0 aromatic carbocycles. The largest absolute Gasteiger partial charge is 0.394 e. The van der Waals surface area contributed by atoms with Crippen LogP contribution in [0, 0.1) is 0 Å². The van der Waals surface area contributed by atoms with E-state index in [1.807, 2.05) is 33.8 Å². The van der Waals surface area contributed by atoms with E-state index >= 15 is 0 Å². The topological polar surface area (TPSA) is 137 Å². The Kier molecular flexibility index (Phi) is 8.89. The maximum absolute atomic E-state index is 12.0. The van der Waals surface area contributed by atoms with Crippen molar-refractivity contribution in [2.75, 3.05) is 13.2 Å². The first-order chi connectivity index (χ1) is 12.3. The molecule has 9 heteroatoms. The van der Waals surface area contributed by atoms with Crippen LogP contribution in [-0.4, -0.2) is 56.3 Å². The lowest BCUT2D eigenvalue weighted by Gasteiger charge is -2.18. The first kappa shape index (κ1) is 22.3. The average Bonchev–Trinajstić information content (AvgIpc) is 2.90. The predicted molar refractivity (Wildman–Crippen MR) is 96.8 cm³/mol. The highest BCUT2D eigenvalue weighted by Crippen LogP contribution is 2.27. The Morgan fingerprint density at radius 2 is 1.96 bits per heavy atom. The minimum atomic E-state index is -1.39. The van der Waals surface area contributed by atoms with Gasteiger partial charge in [0.1, 0.15) is 18.3 Å². The van der Waals surface area contributed by atoms with E-state index in [2.05, 4.69) is 10.3 Å². The van der Waals surface area contributed by atoms with Crippen LogP contribution in [-0.2, 0) is 11.3 Å². The van der Waals surface area contributed by atoms with Gasteiger partial charge in [-0.15, -0.1) is 0 Å². The molecular formula is C17H29N3O6. The summed E-state index contributed by atoms with van der Waals surface area (Å²) < 4.78 is 6.33. The van der Waals surface area contributed by atoms with Gasteiger partial charge in [0.15, 0.2) is 6.23 Å². The molecule has 2 rings (SSSR count). The van der Waals surface area contributed by atoms with Gasteiger partial charge in [0.25, 0.3) is 5.56 Å². The van der Waals surface area contributed by atoms with Crippen LogP contribution in [0.2, 0.25) is 0 Å². The van der Waals surface area contributed by atoms with Crippen molar-refractivity contribution in [1.82, 2.24) is 14.9 Å². The number of H-pyrrole nitrogens is 1. The van der Waals surface area contributed by atoms with E-state index in [0.717, 1.165) is 10.1 Å². The number of aromatic nitrogens is 2. The monoisotopic (exact) mass is 371 g/mol. The minimum Gasteiger partial charge on any atom is -0.394 e. The maximum Gasteiger partial charge on any atom is 0.330 e. The summed E-state index contributed by atoms with van der Waals surface area (Å²) in [6.45, 7) is 8.19. The molecule has 1 aromatic rings. The van der Waals surface area contributed by atoms with Gasteiger partial charge >= 0.3 is 5.69 Å². The Hall–Kier alpha value is -1.78. The van der Waals surface area contributed by atoms with Crippen molar-refractivity contribution >= 4 is 0 Å². The molecule has 9 nitrogen and oxygen atoms in total. The summed E-state index contributed by atoms with van der Waals surface area (Å²) in [7, 11) is 0. The van der Waals surface area contributed by atoms with Gasteiger partial charge < -0.3 is 25.4 Å². The van der Waals surface area contributed by atoms with Gasteiger partial charge in [-0.05, 0) is 13.8 Å². The lowest BCUT2D eigenvalue weighted by molar-refractivity contribution is -0.0551. The molecule has 1 aliphatic heterocycles. The molecule has 1 fully saturated rings. The number of aliphatic hydroxyl groups excluding tert-OH is 3. The van der Waals surface area contributed by atoms with E-state index in [1.54, 1.807) is 0 Å². The second kappa shape index (κ2) is 10.4. The lowest BCUT2D eigenvalue weighted by atomic mass is 10.1. The molecule has 1 aliphatic rings. The molecule has 0 amide bonds. The van der Waals surface area contributed by atoms with Crippen molar-refractivity contribution in [2.24, 2.45) is 0 Å². The van der Waals surface area contributed by atoms with Crippen molar-refractivity contribution in [2.45, 2.75) is 58.8 Å². The molecule has 1 aromatic heterocycles. The van der Waals surface area contributed by atoms with Crippen molar-refractivity contribution in [3.8, 4) is 0 Å². The van der Waals surface area contributed by atoms with Crippen molar-refractivity contribution in [1.29, 1.82) is 0 Å². The number of hydrogen-bond acceptors (Lipinski definition) is 7. The fraction of sp³-hybridized carbons (Fsp3) is 0.647. The SMILES string of the molecule is CC.CC(C)=CCNCc1cn(C2OC(CO)C(O)C2O)c(=O)[nH]c1=O. The average molecular weight is 371 g/mol. The molecule has 0 spiro atoms. The Morgan fingerprint density at radius 3 is 2.50 bits per heavy atom. The van der Waals surface area contributed by atoms with Crippen LogP contribution in [0.25, 0.3) is 0 Å². The van der Waals surface area contributed by atoms with E-state index in [0.29, 0.717) is 6.54 Å². The molecule has 5 N–H and O–H groups in total. The van der Waals surface area contributed by atoms with Crippen molar-refractivity contribution in [3.05, 3.63) is 44.2 Å². The Balaban J connectivity index is 0.00000163. The van der Waals surface area contributed by atoms with E-state index in [4.69, 9.17) is 9.84 Å². The zero-order valence-corrected chi connectivity index (χ0v) is 15.6. The molecule has 0 aliphatic carbocycles. The smallest absolute Gasteiger partial charge is 0.330 e. The number of ether oxygens (including phenoxy) is 1. The fourth-order valence-corrected chi connectivity index (χ4v) is 2.44. The number of allylic oxidation sites excluding steroid dienone is 1. The second-order valence-electron chi connectivity index (χ2n) is 5.96. The summed E-state index contributed by atoms with van der Waals surface area (Å²) in [4.78, 5) is 26.0. The van der Waals surface area contributed by atoms with Crippen LogP contribution in [0.4, 0.5) is 0 Å². The van der Waals surface area contributed by atoms with Gasteiger partial charge in [-0.1, -0.05) is 25.5 Å². The van der Waals surface area contributed by atoms with Crippen molar-refractivity contribution < 1.29 is 20.1 Å². The first-order valence-electron chi connectivity index (χ1n) is 8.66. The molecule has 148 valence electrons. The third-order valence-corrected chi connectivity index (χ3v) is 3.80. The standard InChI is InChI=1S/C15H23N3O6.C2H6/c1-8(2)3-4-16-5-9-6-18(15(23)17-13(9)22)14-12(21)11(20)10(7-19)24-14;1-2/h3,6,10-12,14,16,19-21H,4-5,7H2,1-2H3,(H,17,22,23);1-2H3. The summed E-state index contributed by atoms with van der Waals surface area (Å²) >= 11 is 0. The Labute approximate surface area is 152 Å². The highest BCUT2D eigenvalue weighted by atomic mass is 16.6. The maximum atomic E-state index is 12.0. The summed E-state index contributed by atoms with van der Waals surface area (Å²) in [5.74, 6) is 0. The molecule has 4 unspecified atom stereocenters. The molecule has 0 bridgehead atoms. The van der Waals surface area contributed by atoms with Crippen LogP contribution in [0.5, 0.6) is 0 Å². The third-order valence-electron chi connectivity index (χ3n) is 3.80. The summed E-state index contributed by atoms with van der Waals surface area (Å²) in [5.41, 5.74) is 0.123. The summed E-state index contributed by atoms with van der Waals surface area (Å²) in [6, 6.07) is 0. The van der Waals surface area contributed by atoms with E-state index in [9.17, 15) is 19.8 Å². The molecule has 2 heterocycles. The van der Waals surface area contributed by atoms with Crippen LogP contribution >= 0.6 is 0 Å². The van der Waals surface area contributed by atoms with Crippen LogP contribution < -0.4 is 16.6 Å². The predicted octanol–water partition coefficient (Wildman–Crippen LogP) is -0.770. The van der Waals surface area contributed by atoms with Gasteiger partial charge in [-0.2, -0.15) is 0 Å². The van der Waals surface area contributed by atoms with Crippen LogP contribution in [0.15, 0.2) is 27.4 Å². The van der Waals surface area contributed by atoms with Crippen LogP contribution in [0.1, 0.15) is 39.5 Å². The fourth-order valence-electron chi connectivity index (χ4n) is 2.44. The van der Waals surface area contributed by atoms with Crippen molar-refractivity contribution in [3.63, 3.8) is 0 Å². The van der Waals surface area contributed by atoms with E-state index < -0.39 is 42.4 Å². The Bertz CT molecular complexity index is 707. The molecule has 0 saturated carbocycles. The zero-order valence-electron chi connectivity index (χ0n) is 15.6. The highest BCUT2D eigenvalue weighted by Gasteiger charge is 2.43. The number of rotatable bonds is 6. The van der Waals surface area contributed by atoms with E-state index in [1.165, 1.54) is 6.20 Å². The number of nitrogens with zero attached hydrogens (tertiary/aromatic N) is 1. The lowest BCUT2D eigenvalue weighted by Crippen LogP contribution is -2.39. The normalized spacial score (nSPS) is 24.7. The van der Waals surface area contributed by atoms with Gasteiger partial charge in [0.2, 0.25) is 0 Å². The molecule has 1 saturated heterocycles. The Morgan fingerprint density at radius 1 is 1.31 bits per heavy atom. The van der Waals surface area contributed by atoms with Crippen LogP contribution in [0.3, 0.4) is 0 Å². The van der Waals surface area contributed by atoms with Gasteiger partial charge in [0.05, 0.1) is 6.61 Å². The molecule has 26 heavy (non-hydrogen) atoms. The summed E-state index contributed by atoms with van der Waals surface area (Å²) in [5, 5.41) is 32.0. The molecular weight excluding hydrogens is 342 g/mol. The first-order valence-corrected chi connectivity index (χ1v) is 8.66. The minimum absolute atomic E-state index is 0.216. The third kappa shape index (κ3) is 5.36.